The number of carbonyl (C=O) groups excluding carboxylic acids is 1. The number of hydrogen-bond acceptors (Lipinski definition) is 2. The Morgan fingerprint density at radius 3 is 2.64 bits per heavy atom. The Morgan fingerprint density at radius 1 is 1.09 bits per heavy atom. The van der Waals surface area contributed by atoms with Crippen molar-refractivity contribution in [1.29, 1.82) is 0 Å². The lowest BCUT2D eigenvalue weighted by molar-refractivity contribution is 0.102. The molecule has 2 N–H and O–H groups in total. The number of nitrogens with one attached hydrogen (secondary N) is 1. The molecular weight excluding hydrogens is 274 g/mol. The number of aryl methyl sites for hydroxylation is 3. The number of benzene rings is 2. The number of amides is 1. The Hall–Kier alpha value is -2.13. The van der Waals surface area contributed by atoms with Gasteiger partial charge in [0, 0.05) is 11.3 Å². The van der Waals surface area contributed by atoms with Crippen LogP contribution >= 0.6 is 0 Å². The summed E-state index contributed by atoms with van der Waals surface area (Å²) in [7, 11) is 0. The second-order valence-electron chi connectivity index (χ2n) is 5.95. The van der Waals surface area contributed by atoms with Gasteiger partial charge in [0.2, 0.25) is 0 Å². The molecule has 22 heavy (non-hydrogen) atoms. The normalized spacial score (nSPS) is 13.5. The molecule has 0 spiro atoms. The second-order valence-corrected chi connectivity index (χ2v) is 5.95. The standard InChI is InChI=1S/C19H21NO2/c1-13-6-7-14(12-21)10-18(13)20-19(22)17-9-8-15-4-2-3-5-16(15)11-17/h6-11,21H,2-5,12H2,1H3,(H,20,22). The van der Waals surface area contributed by atoms with Gasteiger partial charge in [0.15, 0.2) is 0 Å². The maximum atomic E-state index is 12.5. The molecule has 2 aromatic rings. The summed E-state index contributed by atoms with van der Waals surface area (Å²) in [6.45, 7) is 1.92. The summed E-state index contributed by atoms with van der Waals surface area (Å²) < 4.78 is 0. The van der Waals surface area contributed by atoms with E-state index in [-0.39, 0.29) is 12.5 Å². The SMILES string of the molecule is Cc1ccc(CO)cc1NC(=O)c1ccc2c(c1)CCCC2. The smallest absolute Gasteiger partial charge is 0.255 e. The van der Waals surface area contributed by atoms with Crippen LogP contribution in [0, 0.1) is 6.92 Å². The quantitative estimate of drug-likeness (QED) is 0.908. The molecule has 3 rings (SSSR count). The number of fused-ring (bicyclic) bond motifs is 1. The summed E-state index contributed by atoms with van der Waals surface area (Å²) in [5.41, 5.74) is 5.93. The Morgan fingerprint density at radius 2 is 1.86 bits per heavy atom. The summed E-state index contributed by atoms with van der Waals surface area (Å²) in [6.07, 6.45) is 4.63. The molecule has 1 aliphatic carbocycles. The molecule has 0 heterocycles. The Labute approximate surface area is 131 Å². The van der Waals surface area contributed by atoms with E-state index in [0.717, 1.165) is 29.7 Å². The van der Waals surface area contributed by atoms with E-state index in [1.54, 1.807) is 0 Å². The predicted molar refractivity (Wildman–Crippen MR) is 88.1 cm³/mol. The van der Waals surface area contributed by atoms with E-state index in [1.165, 1.54) is 24.0 Å². The first-order valence-electron chi connectivity index (χ1n) is 7.81. The first kappa shape index (κ1) is 14.8. The number of aliphatic hydroxyl groups is 1. The lowest BCUT2D eigenvalue weighted by Crippen LogP contribution is -2.14. The fraction of sp³-hybridized carbons (Fsp3) is 0.316. The van der Waals surface area contributed by atoms with E-state index in [4.69, 9.17) is 0 Å². The Kier molecular flexibility index (Phi) is 4.25. The zero-order valence-electron chi connectivity index (χ0n) is 12.9. The van der Waals surface area contributed by atoms with Gasteiger partial charge in [-0.15, -0.1) is 0 Å². The van der Waals surface area contributed by atoms with Gasteiger partial charge in [-0.05, 0) is 73.1 Å². The molecule has 1 aliphatic rings. The van der Waals surface area contributed by atoms with Gasteiger partial charge in [0.25, 0.3) is 5.91 Å². The van der Waals surface area contributed by atoms with Crippen molar-refractivity contribution in [2.24, 2.45) is 0 Å². The minimum Gasteiger partial charge on any atom is -0.392 e. The molecule has 0 saturated carbocycles. The van der Waals surface area contributed by atoms with Crippen LogP contribution in [-0.2, 0) is 19.4 Å². The molecule has 0 aromatic heterocycles. The van der Waals surface area contributed by atoms with Crippen molar-refractivity contribution in [2.75, 3.05) is 5.32 Å². The van der Waals surface area contributed by atoms with Crippen molar-refractivity contribution in [2.45, 2.75) is 39.2 Å². The summed E-state index contributed by atoms with van der Waals surface area (Å²) >= 11 is 0. The van der Waals surface area contributed by atoms with Crippen molar-refractivity contribution in [3.63, 3.8) is 0 Å². The lowest BCUT2D eigenvalue weighted by atomic mass is 9.90. The monoisotopic (exact) mass is 295 g/mol. The molecule has 0 radical (unpaired) electrons. The molecule has 3 nitrogen and oxygen atoms in total. The van der Waals surface area contributed by atoms with Gasteiger partial charge in [-0.2, -0.15) is 0 Å². The molecule has 0 bridgehead atoms. The molecule has 0 fully saturated rings. The van der Waals surface area contributed by atoms with Crippen LogP contribution in [0.2, 0.25) is 0 Å². The van der Waals surface area contributed by atoms with Gasteiger partial charge in [0.1, 0.15) is 0 Å². The van der Waals surface area contributed by atoms with E-state index < -0.39 is 0 Å². The van der Waals surface area contributed by atoms with Crippen LogP contribution in [0.1, 0.15) is 45.5 Å². The molecule has 1 amide bonds. The summed E-state index contributed by atoms with van der Waals surface area (Å²) in [6, 6.07) is 11.6. The van der Waals surface area contributed by atoms with Gasteiger partial charge in [-0.1, -0.05) is 18.2 Å². The number of aliphatic hydroxyl groups excluding tert-OH is 1. The van der Waals surface area contributed by atoms with E-state index in [1.807, 2.05) is 37.3 Å². The first-order valence-corrected chi connectivity index (χ1v) is 7.81. The Balaban J connectivity index is 1.82. The topological polar surface area (TPSA) is 49.3 Å². The van der Waals surface area contributed by atoms with Crippen molar-refractivity contribution < 1.29 is 9.90 Å². The largest absolute Gasteiger partial charge is 0.392 e. The van der Waals surface area contributed by atoms with E-state index in [0.29, 0.717) is 5.56 Å². The highest BCUT2D eigenvalue weighted by Gasteiger charge is 2.13. The van der Waals surface area contributed by atoms with Crippen LogP contribution in [0.25, 0.3) is 0 Å². The molecule has 0 atom stereocenters. The minimum atomic E-state index is -0.0911. The highest BCUT2D eigenvalue weighted by molar-refractivity contribution is 6.04. The lowest BCUT2D eigenvalue weighted by Gasteiger charge is -2.17. The van der Waals surface area contributed by atoms with E-state index >= 15 is 0 Å². The fourth-order valence-corrected chi connectivity index (χ4v) is 2.97. The zero-order valence-corrected chi connectivity index (χ0v) is 12.9. The van der Waals surface area contributed by atoms with Gasteiger partial charge in [-0.25, -0.2) is 0 Å². The van der Waals surface area contributed by atoms with Crippen molar-refractivity contribution in [3.05, 3.63) is 64.2 Å². The molecule has 0 aliphatic heterocycles. The third-order valence-electron chi connectivity index (χ3n) is 4.34. The number of hydrogen-bond donors (Lipinski definition) is 2. The number of carbonyl (C=O) groups is 1. The van der Waals surface area contributed by atoms with Crippen LogP contribution in [0.4, 0.5) is 5.69 Å². The van der Waals surface area contributed by atoms with E-state index in [9.17, 15) is 9.90 Å². The summed E-state index contributed by atoms with van der Waals surface area (Å²) in [5, 5.41) is 12.2. The fourth-order valence-electron chi connectivity index (χ4n) is 2.97. The highest BCUT2D eigenvalue weighted by Crippen LogP contribution is 2.23. The van der Waals surface area contributed by atoms with Crippen molar-refractivity contribution in [3.8, 4) is 0 Å². The van der Waals surface area contributed by atoms with Crippen LogP contribution in [0.15, 0.2) is 36.4 Å². The number of rotatable bonds is 3. The van der Waals surface area contributed by atoms with Gasteiger partial charge in [0.05, 0.1) is 6.61 Å². The van der Waals surface area contributed by atoms with Crippen LogP contribution < -0.4 is 5.32 Å². The summed E-state index contributed by atoms with van der Waals surface area (Å²) in [4.78, 5) is 12.5. The third kappa shape index (κ3) is 3.04. The van der Waals surface area contributed by atoms with Gasteiger partial charge < -0.3 is 10.4 Å². The molecule has 0 saturated heterocycles. The van der Waals surface area contributed by atoms with E-state index in [2.05, 4.69) is 11.4 Å². The summed E-state index contributed by atoms with van der Waals surface area (Å²) in [5.74, 6) is -0.0911. The highest BCUT2D eigenvalue weighted by atomic mass is 16.3. The molecule has 0 unspecified atom stereocenters. The average molecular weight is 295 g/mol. The maximum absolute atomic E-state index is 12.5. The molecule has 114 valence electrons. The molecule has 2 aromatic carbocycles. The minimum absolute atomic E-state index is 0.0258. The third-order valence-corrected chi connectivity index (χ3v) is 4.34. The van der Waals surface area contributed by atoms with Gasteiger partial charge >= 0.3 is 0 Å². The van der Waals surface area contributed by atoms with Crippen LogP contribution in [-0.4, -0.2) is 11.0 Å². The second kappa shape index (κ2) is 6.32. The van der Waals surface area contributed by atoms with Crippen LogP contribution in [0.3, 0.4) is 0 Å². The average Bonchev–Trinajstić information content (AvgIpc) is 2.56. The van der Waals surface area contributed by atoms with Crippen molar-refractivity contribution in [1.82, 2.24) is 0 Å². The first-order chi connectivity index (χ1) is 10.7. The number of anilines is 1. The van der Waals surface area contributed by atoms with Crippen LogP contribution in [0.5, 0.6) is 0 Å². The molecular formula is C19H21NO2. The van der Waals surface area contributed by atoms with Gasteiger partial charge in [-0.3, -0.25) is 4.79 Å². The molecule has 3 heteroatoms. The van der Waals surface area contributed by atoms with Crippen molar-refractivity contribution >= 4 is 11.6 Å². The Bertz CT molecular complexity index is 707. The predicted octanol–water partition coefficient (Wildman–Crippen LogP) is 3.62. The zero-order chi connectivity index (χ0) is 15.5. The maximum Gasteiger partial charge on any atom is 0.255 e.